The Balaban J connectivity index is 3.53. The van der Waals surface area contributed by atoms with E-state index in [-0.39, 0.29) is 176 Å². The van der Waals surface area contributed by atoms with Gasteiger partial charge in [0, 0.05) is 113 Å². The molecule has 1 fully saturated rings. The van der Waals surface area contributed by atoms with Gasteiger partial charge in [-0.15, -0.1) is 0 Å². The average molecular weight is 1520 g/mol. The zero-order chi connectivity index (χ0) is 80.2. The van der Waals surface area contributed by atoms with Crippen molar-refractivity contribution < 1.29 is 62.3 Å². The third kappa shape index (κ3) is 40.3. The SMILES string of the molecule is CSC[C@H](NC(=O)CCC(=O)[C@H](CC(C)C)NC(=O)[C@@H]1CCCN1C(=O)C(C)(C)C)C(=O)C[C@@H](C)C(=O)NCC(=O)C[C@H](CCCN=C(N)N)C(=O)N[C@H](CCCN=C(N)N)C(=O)C[C@H](CCCN=C(N)N)C(=O)N[C@H](CCCN=C(N)N)C(=O)C[C@H](CCCN=C(N)N)C(=O)N[C@H](CCCCN)C(N)=O. The molecule has 0 aliphatic carbocycles. The molecule has 30 N–H and O–H groups in total. The monoisotopic (exact) mass is 1520 g/mol. The van der Waals surface area contributed by atoms with Crippen LogP contribution in [0, 0.1) is 35.0 Å². The highest BCUT2D eigenvalue weighted by Gasteiger charge is 2.41. The second kappa shape index (κ2) is 51.1. The standard InChI is InChI=1S/C68H124N24O13S/c1-39(2)32-48(91-61(104)50-22-15-31-92(50)62(105)68(4,5)6)51(94)23-24-55(98)87-49(38-106-7)52(95)33-40(3)57(100)86-37-44(93)34-41(16-10-26-81-63(71)72)58(101)88-45(20-13-29-84-66(77)78)53(96)35-42(17-11-27-82-64(73)74)59(102)89-46(21-14-30-85-67(79)80)54(97)36-43(18-12-28-83-65(75)76)60(103)90-47(56(70)99)19-8-9-25-69/h39-43,45-50H,8-38,69H2,1-7H3,(H2,70,99)(H,86,100)(H,87,98)(H,88,101)(H,89,102)(H,90,103)(H,91,104)(H4,71,72,81)(H4,73,74,82)(H4,75,76,83)(H4,77,78,84)(H4,79,80,85)/t40-,41+,42+,43+,45-,46-,47-,48+,49+,50+/m1/s1. The van der Waals surface area contributed by atoms with Gasteiger partial charge in [-0.05, 0) is 121 Å². The number of Topliss-reactive ketones (excluding diaryl/α,β-unsaturated/α-hetero) is 5. The van der Waals surface area contributed by atoms with Crippen molar-refractivity contribution in [3.8, 4) is 0 Å². The first-order valence-electron chi connectivity index (χ1n) is 36.3. The number of amides is 8. The summed E-state index contributed by atoms with van der Waals surface area (Å²) in [5.74, 6) is -13.3. The molecule has 1 aliphatic heterocycles. The second-order valence-corrected chi connectivity index (χ2v) is 29.1. The van der Waals surface area contributed by atoms with Gasteiger partial charge < -0.3 is 106 Å². The number of unbranched alkanes of at least 4 members (excludes halogenated alkanes) is 1. The van der Waals surface area contributed by atoms with Crippen LogP contribution in [-0.4, -0.2) is 211 Å². The van der Waals surface area contributed by atoms with Gasteiger partial charge in [-0.25, -0.2) is 0 Å². The van der Waals surface area contributed by atoms with Crippen LogP contribution in [0.5, 0.6) is 0 Å². The number of hydrogen-bond acceptors (Lipinski definition) is 20. The van der Waals surface area contributed by atoms with Crippen LogP contribution in [0.1, 0.15) is 183 Å². The normalized spacial score (nSPS) is 15.2. The molecular weight excluding hydrogens is 1390 g/mol. The topological polar surface area (TPSA) is 671 Å². The number of guanidine groups is 5. The van der Waals surface area contributed by atoms with E-state index in [1.165, 1.54) is 18.7 Å². The summed E-state index contributed by atoms with van der Waals surface area (Å²) in [6, 6.07) is -6.47. The number of thioether (sulfide) groups is 1. The van der Waals surface area contributed by atoms with Crippen LogP contribution in [0.15, 0.2) is 25.0 Å². The predicted octanol–water partition coefficient (Wildman–Crippen LogP) is -3.47. The van der Waals surface area contributed by atoms with Crippen molar-refractivity contribution in [2.24, 2.45) is 129 Å². The Labute approximate surface area is 626 Å². The second-order valence-electron chi connectivity index (χ2n) is 28.2. The van der Waals surface area contributed by atoms with Crippen LogP contribution < -0.4 is 101 Å². The fourth-order valence-corrected chi connectivity index (χ4v) is 12.3. The molecule has 0 aromatic heterocycles. The molecule has 0 radical (unpaired) electrons. The molecule has 8 amide bonds. The number of carbonyl (C=O) groups excluding carboxylic acids is 13. The van der Waals surface area contributed by atoms with Crippen LogP contribution in [0.3, 0.4) is 0 Å². The molecule has 0 bridgehead atoms. The summed E-state index contributed by atoms with van der Waals surface area (Å²) in [5.41, 5.74) is 66.5. The number of nitrogens with one attached hydrogen (secondary N) is 6. The van der Waals surface area contributed by atoms with Gasteiger partial charge in [0.05, 0.1) is 30.7 Å². The minimum atomic E-state index is -1.34. The first-order chi connectivity index (χ1) is 49.8. The van der Waals surface area contributed by atoms with E-state index in [1.54, 1.807) is 31.9 Å². The van der Waals surface area contributed by atoms with Gasteiger partial charge in [0.15, 0.2) is 58.7 Å². The van der Waals surface area contributed by atoms with Gasteiger partial charge in [-0.3, -0.25) is 87.3 Å². The Hall–Kier alpha value is -9.23. The number of rotatable bonds is 56. The van der Waals surface area contributed by atoms with E-state index in [2.05, 4.69) is 56.9 Å². The van der Waals surface area contributed by atoms with E-state index >= 15 is 0 Å². The van der Waals surface area contributed by atoms with E-state index in [4.69, 9.17) is 68.8 Å². The van der Waals surface area contributed by atoms with Crippen molar-refractivity contribution in [3.05, 3.63) is 0 Å². The van der Waals surface area contributed by atoms with E-state index in [0.717, 1.165) is 0 Å². The minimum Gasteiger partial charge on any atom is -0.370 e. The van der Waals surface area contributed by atoms with Crippen molar-refractivity contribution in [1.82, 2.24) is 36.8 Å². The number of carbonyl (C=O) groups is 13. The zero-order valence-electron chi connectivity index (χ0n) is 63.1. The number of nitrogens with zero attached hydrogens (tertiary/aromatic N) is 6. The van der Waals surface area contributed by atoms with Crippen LogP contribution in [0.25, 0.3) is 0 Å². The van der Waals surface area contributed by atoms with E-state index < -0.39 is 161 Å². The third-order valence-electron chi connectivity index (χ3n) is 17.3. The van der Waals surface area contributed by atoms with Crippen molar-refractivity contribution in [2.75, 3.05) is 64.4 Å². The zero-order valence-corrected chi connectivity index (χ0v) is 63.9. The molecule has 0 aromatic carbocycles. The van der Waals surface area contributed by atoms with Crippen molar-refractivity contribution in [3.63, 3.8) is 0 Å². The van der Waals surface area contributed by atoms with Crippen molar-refractivity contribution in [2.45, 2.75) is 219 Å². The summed E-state index contributed by atoms with van der Waals surface area (Å²) in [5, 5.41) is 16.3. The Kier molecular flexibility index (Phi) is 45.7. The Morgan fingerprint density at radius 2 is 0.887 bits per heavy atom. The fraction of sp³-hybridized carbons (Fsp3) is 0.735. The Morgan fingerprint density at radius 1 is 0.472 bits per heavy atom. The van der Waals surface area contributed by atoms with Crippen LogP contribution in [0.2, 0.25) is 0 Å². The molecule has 1 saturated heterocycles. The molecule has 0 aromatic rings. The van der Waals surface area contributed by atoms with Gasteiger partial charge >= 0.3 is 0 Å². The van der Waals surface area contributed by atoms with Gasteiger partial charge in [0.1, 0.15) is 12.1 Å². The summed E-state index contributed by atoms with van der Waals surface area (Å²) >= 11 is 1.26. The molecule has 37 nitrogen and oxygen atoms in total. The molecule has 106 heavy (non-hydrogen) atoms. The average Bonchev–Trinajstić information content (AvgIpc) is 1.71. The fourth-order valence-electron chi connectivity index (χ4n) is 11.7. The summed E-state index contributed by atoms with van der Waals surface area (Å²) in [7, 11) is 0. The number of primary amides is 1. The third-order valence-corrected chi connectivity index (χ3v) is 18.0. The lowest BCUT2D eigenvalue weighted by atomic mass is 9.89. The summed E-state index contributed by atoms with van der Waals surface area (Å²) in [6.07, 6.45) is 2.51. The highest BCUT2D eigenvalue weighted by Crippen LogP contribution is 2.27. The van der Waals surface area contributed by atoms with Gasteiger partial charge in [-0.1, -0.05) is 41.5 Å². The van der Waals surface area contributed by atoms with Crippen LogP contribution in [-0.2, 0) is 62.3 Å². The molecule has 1 aliphatic rings. The van der Waals surface area contributed by atoms with E-state index in [1.807, 2.05) is 13.8 Å². The van der Waals surface area contributed by atoms with Gasteiger partial charge in [0.25, 0.3) is 0 Å². The molecule has 1 heterocycles. The van der Waals surface area contributed by atoms with Crippen molar-refractivity contribution in [1.29, 1.82) is 0 Å². The highest BCUT2D eigenvalue weighted by molar-refractivity contribution is 7.98. The number of ketones is 5. The van der Waals surface area contributed by atoms with E-state index in [0.29, 0.717) is 38.8 Å². The maximum Gasteiger partial charge on any atom is 0.243 e. The Morgan fingerprint density at radius 3 is 1.29 bits per heavy atom. The largest absolute Gasteiger partial charge is 0.370 e. The number of aliphatic imine (C=N–C) groups is 5. The molecule has 1 rings (SSSR count). The van der Waals surface area contributed by atoms with Crippen LogP contribution >= 0.6 is 11.8 Å². The molecule has 600 valence electrons. The maximum atomic E-state index is 14.8. The molecular formula is C68H124N24O13S. The first-order valence-corrected chi connectivity index (χ1v) is 37.7. The maximum absolute atomic E-state index is 14.8. The molecule has 10 atom stereocenters. The quantitative estimate of drug-likeness (QED) is 0.0160. The van der Waals surface area contributed by atoms with Gasteiger partial charge in [0.2, 0.25) is 47.3 Å². The molecule has 38 heteroatoms. The number of hydrogen-bond donors (Lipinski definition) is 18. The first kappa shape index (κ1) is 94.8. The lowest BCUT2D eigenvalue weighted by molar-refractivity contribution is -0.145. The smallest absolute Gasteiger partial charge is 0.243 e. The van der Waals surface area contributed by atoms with Gasteiger partial charge in [-0.2, -0.15) is 11.8 Å². The minimum absolute atomic E-state index is 0.00467. The molecule has 0 saturated carbocycles. The highest BCUT2D eigenvalue weighted by atomic mass is 32.2. The summed E-state index contributed by atoms with van der Waals surface area (Å²) < 4.78 is 0. The van der Waals surface area contributed by atoms with E-state index in [9.17, 15) is 62.3 Å². The molecule has 0 spiro atoms. The predicted molar refractivity (Wildman–Crippen MR) is 409 cm³/mol. The van der Waals surface area contributed by atoms with Crippen LogP contribution in [0.4, 0.5) is 0 Å². The number of nitrogens with two attached hydrogens (primary N) is 12. The molecule has 0 unspecified atom stereocenters. The number of likely N-dealkylation sites (tertiary alicyclic amines) is 1. The lowest BCUT2D eigenvalue weighted by Crippen LogP contribution is -2.53. The summed E-state index contributed by atoms with van der Waals surface area (Å²) in [4.78, 5) is 202. The van der Waals surface area contributed by atoms with Crippen molar-refractivity contribution >= 4 is 118 Å². The Bertz CT molecular complexity index is 3050. The lowest BCUT2D eigenvalue weighted by Gasteiger charge is -2.31. The summed E-state index contributed by atoms with van der Waals surface area (Å²) in [6.45, 7) is 10.9.